The molecule has 0 saturated carbocycles. The Morgan fingerprint density at radius 1 is 1.70 bits per heavy atom. The van der Waals surface area contributed by atoms with Crippen molar-refractivity contribution < 1.29 is 0 Å². The third-order valence-corrected chi connectivity index (χ3v) is 1.27. The fourth-order valence-electron chi connectivity index (χ4n) is 0.601. The molecule has 3 heteroatoms. The average molecular weight is 161 g/mol. The predicted octanol–water partition coefficient (Wildman–Crippen LogP) is 2.06. The topological polar surface area (TPSA) is 15.6 Å². The molecule has 0 aromatic heterocycles. The van der Waals surface area contributed by atoms with E-state index in [0.29, 0.717) is 11.2 Å². The normalized spacial score (nSPS) is 10.9. The Bertz CT molecular complexity index is 141. The zero-order chi connectivity index (χ0) is 8.15. The summed E-state index contributed by atoms with van der Waals surface area (Å²) in [4.78, 5) is 5.63. The lowest BCUT2D eigenvalue weighted by Crippen LogP contribution is -2.26. The second-order valence-electron chi connectivity index (χ2n) is 2.25. The minimum atomic E-state index is 0.314. The van der Waals surface area contributed by atoms with E-state index in [1.54, 1.807) is 18.3 Å². The first-order valence-electron chi connectivity index (χ1n) is 3.14. The molecule has 0 atom stereocenters. The Hall–Kier alpha value is -0.500. The Morgan fingerprint density at radius 2 is 2.20 bits per heavy atom. The van der Waals surface area contributed by atoms with Gasteiger partial charge in [-0.1, -0.05) is 18.2 Å². The molecule has 10 heavy (non-hydrogen) atoms. The summed E-state index contributed by atoms with van der Waals surface area (Å²) in [6.07, 6.45) is 1.67. The number of aliphatic imine (C=N–C) groups is 1. The van der Waals surface area contributed by atoms with Crippen LogP contribution in [-0.4, -0.2) is 24.3 Å². The van der Waals surface area contributed by atoms with E-state index in [1.165, 1.54) is 0 Å². The molecule has 0 saturated heterocycles. The van der Waals surface area contributed by atoms with Gasteiger partial charge < -0.3 is 4.90 Å². The van der Waals surface area contributed by atoms with Gasteiger partial charge in [0.1, 0.15) is 5.16 Å². The standard InChI is InChI=1S/C7H13ClN2/c1-6(2)10(5-9-4)7(3)8/h5-6H,3H2,1-2,4H3. The van der Waals surface area contributed by atoms with Crippen LogP contribution in [0.2, 0.25) is 0 Å². The second-order valence-corrected chi connectivity index (χ2v) is 2.69. The van der Waals surface area contributed by atoms with E-state index in [2.05, 4.69) is 11.6 Å². The van der Waals surface area contributed by atoms with Gasteiger partial charge in [0, 0.05) is 13.1 Å². The van der Waals surface area contributed by atoms with Gasteiger partial charge in [-0.3, -0.25) is 4.99 Å². The molecule has 0 spiro atoms. The Kier molecular flexibility index (Phi) is 4.12. The smallest absolute Gasteiger partial charge is 0.102 e. The minimum absolute atomic E-state index is 0.314. The molecule has 0 radical (unpaired) electrons. The summed E-state index contributed by atoms with van der Waals surface area (Å²) in [6, 6.07) is 0.314. The lowest BCUT2D eigenvalue weighted by molar-refractivity contribution is 0.460. The molecule has 58 valence electrons. The van der Waals surface area contributed by atoms with Gasteiger partial charge in [0.15, 0.2) is 0 Å². The number of hydrogen-bond acceptors (Lipinski definition) is 1. The number of nitrogens with zero attached hydrogens (tertiary/aromatic N) is 2. The highest BCUT2D eigenvalue weighted by Gasteiger charge is 2.05. The molecule has 0 amide bonds. The molecule has 0 aliphatic carbocycles. The fourth-order valence-corrected chi connectivity index (χ4v) is 0.839. The van der Waals surface area contributed by atoms with E-state index in [1.807, 2.05) is 13.8 Å². The van der Waals surface area contributed by atoms with Crippen LogP contribution in [0.1, 0.15) is 13.8 Å². The van der Waals surface area contributed by atoms with Crippen molar-refractivity contribution in [3.05, 3.63) is 11.7 Å². The zero-order valence-electron chi connectivity index (χ0n) is 6.63. The first kappa shape index (κ1) is 9.50. The van der Waals surface area contributed by atoms with E-state index >= 15 is 0 Å². The van der Waals surface area contributed by atoms with Crippen molar-refractivity contribution >= 4 is 17.9 Å². The SMILES string of the molecule is C=C(Cl)N(C=NC)C(C)C. The molecule has 0 N–H and O–H groups in total. The van der Waals surface area contributed by atoms with Crippen molar-refractivity contribution in [2.75, 3.05) is 7.05 Å². The maximum Gasteiger partial charge on any atom is 0.102 e. The zero-order valence-corrected chi connectivity index (χ0v) is 7.39. The van der Waals surface area contributed by atoms with Crippen LogP contribution in [0.3, 0.4) is 0 Å². The summed E-state index contributed by atoms with van der Waals surface area (Å²) in [5.41, 5.74) is 0. The third kappa shape index (κ3) is 2.87. The predicted molar refractivity (Wildman–Crippen MR) is 46.4 cm³/mol. The van der Waals surface area contributed by atoms with E-state index < -0.39 is 0 Å². The van der Waals surface area contributed by atoms with Crippen LogP contribution < -0.4 is 0 Å². The first-order valence-corrected chi connectivity index (χ1v) is 3.52. The molecular weight excluding hydrogens is 148 g/mol. The van der Waals surface area contributed by atoms with Crippen molar-refractivity contribution in [2.45, 2.75) is 19.9 Å². The van der Waals surface area contributed by atoms with Crippen LogP contribution in [0, 0.1) is 0 Å². The molecular formula is C7H13ClN2. The average Bonchev–Trinajstić information content (AvgIpc) is 1.81. The number of rotatable bonds is 3. The van der Waals surface area contributed by atoms with Crippen LogP contribution in [0.25, 0.3) is 0 Å². The summed E-state index contributed by atoms with van der Waals surface area (Å²) in [6.45, 7) is 7.64. The highest BCUT2D eigenvalue weighted by molar-refractivity contribution is 6.29. The molecule has 0 fully saturated rings. The van der Waals surface area contributed by atoms with Gasteiger partial charge in [-0.15, -0.1) is 0 Å². The van der Waals surface area contributed by atoms with Crippen molar-refractivity contribution in [3.8, 4) is 0 Å². The quantitative estimate of drug-likeness (QED) is 0.351. The lowest BCUT2D eigenvalue weighted by atomic mass is 10.4. The van der Waals surface area contributed by atoms with Crippen LogP contribution in [0.4, 0.5) is 0 Å². The molecule has 0 heterocycles. The molecule has 0 unspecified atom stereocenters. The summed E-state index contributed by atoms with van der Waals surface area (Å²) in [5, 5.41) is 0.501. The fraction of sp³-hybridized carbons (Fsp3) is 0.571. The van der Waals surface area contributed by atoms with Gasteiger partial charge in [-0.05, 0) is 13.8 Å². The van der Waals surface area contributed by atoms with Crippen LogP contribution in [-0.2, 0) is 0 Å². The molecule has 2 nitrogen and oxygen atoms in total. The second kappa shape index (κ2) is 4.34. The summed E-state index contributed by atoms with van der Waals surface area (Å²) >= 11 is 5.66. The summed E-state index contributed by atoms with van der Waals surface area (Å²) < 4.78 is 0. The largest absolute Gasteiger partial charge is 0.321 e. The first-order chi connectivity index (χ1) is 4.59. The van der Waals surface area contributed by atoms with Gasteiger partial charge in [-0.2, -0.15) is 0 Å². The lowest BCUT2D eigenvalue weighted by Gasteiger charge is -2.21. The Balaban J connectivity index is 4.12. The number of halogens is 1. The Labute approximate surface area is 67.2 Å². The van der Waals surface area contributed by atoms with Gasteiger partial charge >= 0.3 is 0 Å². The van der Waals surface area contributed by atoms with Gasteiger partial charge in [-0.25, -0.2) is 0 Å². The minimum Gasteiger partial charge on any atom is -0.321 e. The van der Waals surface area contributed by atoms with Crippen LogP contribution in [0.15, 0.2) is 16.7 Å². The van der Waals surface area contributed by atoms with Crippen molar-refractivity contribution in [3.63, 3.8) is 0 Å². The van der Waals surface area contributed by atoms with Gasteiger partial charge in [0.2, 0.25) is 0 Å². The summed E-state index contributed by atoms with van der Waals surface area (Å²) in [5.74, 6) is 0. The van der Waals surface area contributed by atoms with E-state index in [9.17, 15) is 0 Å². The molecule has 0 rings (SSSR count). The third-order valence-electron chi connectivity index (χ3n) is 1.08. The van der Waals surface area contributed by atoms with Crippen molar-refractivity contribution in [1.82, 2.24) is 4.90 Å². The molecule has 0 aliphatic rings. The summed E-state index contributed by atoms with van der Waals surface area (Å²) in [7, 11) is 1.70. The van der Waals surface area contributed by atoms with Crippen molar-refractivity contribution in [1.29, 1.82) is 0 Å². The van der Waals surface area contributed by atoms with Crippen molar-refractivity contribution in [2.24, 2.45) is 4.99 Å². The maximum absolute atomic E-state index is 5.66. The highest BCUT2D eigenvalue weighted by atomic mass is 35.5. The van der Waals surface area contributed by atoms with E-state index in [-0.39, 0.29) is 0 Å². The molecule has 0 bridgehead atoms. The van der Waals surface area contributed by atoms with Crippen LogP contribution in [0.5, 0.6) is 0 Å². The molecule has 0 aromatic rings. The maximum atomic E-state index is 5.66. The van der Waals surface area contributed by atoms with Gasteiger partial charge in [0.05, 0.1) is 6.34 Å². The Morgan fingerprint density at radius 3 is 2.30 bits per heavy atom. The van der Waals surface area contributed by atoms with E-state index in [0.717, 1.165) is 0 Å². The molecule has 0 aromatic carbocycles. The number of hydrogen-bond donors (Lipinski definition) is 0. The van der Waals surface area contributed by atoms with E-state index in [4.69, 9.17) is 11.6 Å². The highest BCUT2D eigenvalue weighted by Crippen LogP contribution is 2.07. The van der Waals surface area contributed by atoms with Crippen LogP contribution >= 0.6 is 11.6 Å². The monoisotopic (exact) mass is 160 g/mol. The van der Waals surface area contributed by atoms with Gasteiger partial charge in [0.25, 0.3) is 0 Å². The molecule has 0 aliphatic heterocycles.